The molecule has 1 aliphatic heterocycles. The molecule has 2 heterocycles. The number of benzene rings is 2. The number of amides is 2. The van der Waals surface area contributed by atoms with E-state index < -0.39 is 0 Å². The van der Waals surface area contributed by atoms with Gasteiger partial charge in [0, 0.05) is 30.1 Å². The van der Waals surface area contributed by atoms with Crippen molar-refractivity contribution in [2.75, 3.05) is 11.4 Å². The van der Waals surface area contributed by atoms with Gasteiger partial charge in [0.2, 0.25) is 5.91 Å². The number of H-pyrrole nitrogens is 1. The Morgan fingerprint density at radius 3 is 2.86 bits per heavy atom. The maximum Gasteiger partial charge on any atom is 0.267 e. The number of nitrogens with zero attached hydrogens (tertiary/aromatic N) is 1. The highest BCUT2D eigenvalue weighted by atomic mass is 19.1. The number of fused-ring (bicyclic) bond motifs is 2. The number of hydrogen-bond acceptors (Lipinski definition) is 2. The zero-order valence-electron chi connectivity index (χ0n) is 15.7. The third-order valence-corrected chi connectivity index (χ3v) is 5.18. The highest BCUT2D eigenvalue weighted by molar-refractivity contribution is 5.98. The molecule has 1 aromatic heterocycles. The second kappa shape index (κ2) is 7.46. The lowest BCUT2D eigenvalue weighted by Crippen LogP contribution is -2.36. The lowest BCUT2D eigenvalue weighted by molar-refractivity contribution is -0.119. The molecule has 0 saturated heterocycles. The number of hydrogen-bond donors (Lipinski definition) is 2. The van der Waals surface area contributed by atoms with Gasteiger partial charge in [0.25, 0.3) is 5.91 Å². The predicted octanol–water partition coefficient (Wildman–Crippen LogP) is 3.79. The molecule has 28 heavy (non-hydrogen) atoms. The van der Waals surface area contributed by atoms with Crippen molar-refractivity contribution in [3.8, 4) is 0 Å². The van der Waals surface area contributed by atoms with Crippen LogP contribution in [-0.2, 0) is 11.2 Å². The highest BCUT2D eigenvalue weighted by Crippen LogP contribution is 2.32. The maximum atomic E-state index is 13.7. The second-order valence-electron chi connectivity index (χ2n) is 7.19. The van der Waals surface area contributed by atoms with E-state index in [1.165, 1.54) is 11.6 Å². The van der Waals surface area contributed by atoms with E-state index in [4.69, 9.17) is 0 Å². The third-order valence-electron chi connectivity index (χ3n) is 5.18. The van der Waals surface area contributed by atoms with Crippen LogP contribution in [-0.4, -0.2) is 29.4 Å². The lowest BCUT2D eigenvalue weighted by atomic mass is 10.1. The Hall–Kier alpha value is -3.15. The summed E-state index contributed by atoms with van der Waals surface area (Å²) in [5, 5.41) is 3.45. The first kappa shape index (κ1) is 18.2. The molecule has 4 rings (SSSR count). The molecule has 0 radical (unpaired) electrons. The van der Waals surface area contributed by atoms with Gasteiger partial charge in [-0.05, 0) is 43.5 Å². The molecule has 0 spiro atoms. The average molecular weight is 379 g/mol. The molecule has 0 aliphatic carbocycles. The first-order valence-corrected chi connectivity index (χ1v) is 9.50. The summed E-state index contributed by atoms with van der Waals surface area (Å²) in [4.78, 5) is 29.6. The first-order valence-electron chi connectivity index (χ1n) is 9.50. The molecule has 6 heteroatoms. The van der Waals surface area contributed by atoms with Crippen LogP contribution >= 0.6 is 0 Å². The summed E-state index contributed by atoms with van der Waals surface area (Å²) in [6.07, 6.45) is 1.78. The van der Waals surface area contributed by atoms with Crippen LogP contribution < -0.4 is 10.2 Å². The number of aromatic amines is 1. The van der Waals surface area contributed by atoms with Gasteiger partial charge in [-0.25, -0.2) is 4.39 Å². The maximum absolute atomic E-state index is 13.7. The minimum absolute atomic E-state index is 0.0689. The van der Waals surface area contributed by atoms with Gasteiger partial charge in [-0.15, -0.1) is 0 Å². The summed E-state index contributed by atoms with van der Waals surface area (Å²) in [6.45, 7) is 2.43. The minimum atomic E-state index is -0.387. The van der Waals surface area contributed by atoms with E-state index in [-0.39, 0.29) is 23.7 Å². The standard InChI is InChI=1S/C22H22FN3O2/c1-14-12-15-6-2-3-9-19(15)26(14)20(27)10-5-11-24-22(28)18-13-16-7-4-8-17(23)21(16)25-18/h2-4,6-9,13-14,25H,5,10-12H2,1H3,(H,24,28). The van der Waals surface area contributed by atoms with E-state index in [2.05, 4.69) is 23.3 Å². The van der Waals surface area contributed by atoms with E-state index in [0.29, 0.717) is 36.0 Å². The summed E-state index contributed by atoms with van der Waals surface area (Å²) in [6, 6.07) is 14.5. The Balaban J connectivity index is 1.31. The summed E-state index contributed by atoms with van der Waals surface area (Å²) < 4.78 is 13.7. The van der Waals surface area contributed by atoms with Crippen molar-refractivity contribution in [3.05, 3.63) is 65.6 Å². The van der Waals surface area contributed by atoms with Gasteiger partial charge in [0.15, 0.2) is 0 Å². The van der Waals surface area contributed by atoms with Crippen molar-refractivity contribution >= 4 is 28.4 Å². The number of carbonyl (C=O) groups is 2. The van der Waals surface area contributed by atoms with Gasteiger partial charge in [-0.2, -0.15) is 0 Å². The van der Waals surface area contributed by atoms with E-state index in [1.54, 1.807) is 18.2 Å². The number of para-hydroxylation sites is 2. The van der Waals surface area contributed by atoms with Gasteiger partial charge in [0.1, 0.15) is 11.5 Å². The molecule has 0 saturated carbocycles. The van der Waals surface area contributed by atoms with Gasteiger partial charge >= 0.3 is 0 Å². The van der Waals surface area contributed by atoms with Crippen molar-refractivity contribution in [1.82, 2.24) is 10.3 Å². The van der Waals surface area contributed by atoms with Gasteiger partial charge < -0.3 is 15.2 Å². The van der Waals surface area contributed by atoms with Crippen LogP contribution in [0.2, 0.25) is 0 Å². The smallest absolute Gasteiger partial charge is 0.267 e. The molecule has 0 fully saturated rings. The van der Waals surface area contributed by atoms with E-state index in [1.807, 2.05) is 23.1 Å². The molecule has 2 N–H and O–H groups in total. The quantitative estimate of drug-likeness (QED) is 0.663. The topological polar surface area (TPSA) is 65.2 Å². The average Bonchev–Trinajstić information content (AvgIpc) is 3.26. The first-order chi connectivity index (χ1) is 13.5. The third kappa shape index (κ3) is 3.38. The molecule has 1 atom stereocenters. The Morgan fingerprint density at radius 1 is 1.21 bits per heavy atom. The second-order valence-corrected chi connectivity index (χ2v) is 7.19. The minimum Gasteiger partial charge on any atom is -0.351 e. The molecule has 5 nitrogen and oxygen atoms in total. The number of anilines is 1. The van der Waals surface area contributed by atoms with E-state index >= 15 is 0 Å². The fourth-order valence-electron chi connectivity index (χ4n) is 3.84. The summed E-state index contributed by atoms with van der Waals surface area (Å²) in [5.41, 5.74) is 2.82. The largest absolute Gasteiger partial charge is 0.351 e. The number of carbonyl (C=O) groups excluding carboxylic acids is 2. The van der Waals surface area contributed by atoms with Crippen LogP contribution in [0.5, 0.6) is 0 Å². The van der Waals surface area contributed by atoms with Crippen LogP contribution in [0.25, 0.3) is 10.9 Å². The lowest BCUT2D eigenvalue weighted by Gasteiger charge is -2.22. The number of nitrogens with one attached hydrogen (secondary N) is 2. The zero-order valence-corrected chi connectivity index (χ0v) is 15.7. The monoisotopic (exact) mass is 379 g/mol. The molecule has 1 aliphatic rings. The molecule has 1 unspecified atom stereocenters. The summed E-state index contributed by atoms with van der Waals surface area (Å²) in [5.74, 6) is -0.621. The Bertz CT molecular complexity index is 1040. The van der Waals surface area contributed by atoms with E-state index in [0.717, 1.165) is 12.1 Å². The van der Waals surface area contributed by atoms with Crippen molar-refractivity contribution in [2.24, 2.45) is 0 Å². The Labute approximate surface area is 162 Å². The number of aromatic nitrogens is 1. The molecule has 3 aromatic rings. The molecule has 2 aromatic carbocycles. The van der Waals surface area contributed by atoms with Gasteiger partial charge in [0.05, 0.1) is 5.52 Å². The molecular weight excluding hydrogens is 357 g/mol. The van der Waals surface area contributed by atoms with Crippen LogP contribution in [0.4, 0.5) is 10.1 Å². The van der Waals surface area contributed by atoms with Crippen molar-refractivity contribution in [2.45, 2.75) is 32.2 Å². The van der Waals surface area contributed by atoms with Crippen molar-refractivity contribution in [3.63, 3.8) is 0 Å². The summed E-state index contributed by atoms with van der Waals surface area (Å²) in [7, 11) is 0. The molecule has 144 valence electrons. The van der Waals surface area contributed by atoms with Crippen LogP contribution in [0, 0.1) is 5.82 Å². The van der Waals surface area contributed by atoms with Crippen LogP contribution in [0.3, 0.4) is 0 Å². The van der Waals surface area contributed by atoms with Crippen LogP contribution in [0.15, 0.2) is 48.5 Å². The van der Waals surface area contributed by atoms with E-state index in [9.17, 15) is 14.0 Å². The Kier molecular flexibility index (Phi) is 4.86. The van der Waals surface area contributed by atoms with Crippen LogP contribution in [0.1, 0.15) is 35.8 Å². The number of halogens is 1. The normalized spacial score (nSPS) is 15.6. The van der Waals surface area contributed by atoms with Crippen molar-refractivity contribution in [1.29, 1.82) is 0 Å². The molecular formula is C22H22FN3O2. The molecule has 0 bridgehead atoms. The molecule has 2 amide bonds. The van der Waals surface area contributed by atoms with Gasteiger partial charge in [-0.3, -0.25) is 9.59 Å². The number of rotatable bonds is 5. The Morgan fingerprint density at radius 2 is 2.04 bits per heavy atom. The van der Waals surface area contributed by atoms with Crippen molar-refractivity contribution < 1.29 is 14.0 Å². The SMILES string of the molecule is CC1Cc2ccccc2N1C(=O)CCCNC(=O)c1cc2cccc(F)c2[nH]1. The fraction of sp³-hybridized carbons (Fsp3) is 0.273. The highest BCUT2D eigenvalue weighted by Gasteiger charge is 2.29. The zero-order chi connectivity index (χ0) is 19.7. The fourth-order valence-corrected chi connectivity index (χ4v) is 3.84. The predicted molar refractivity (Wildman–Crippen MR) is 107 cm³/mol. The van der Waals surface area contributed by atoms with Gasteiger partial charge in [-0.1, -0.05) is 30.3 Å². The summed E-state index contributed by atoms with van der Waals surface area (Å²) >= 11 is 0.